The van der Waals surface area contributed by atoms with E-state index < -0.39 is 0 Å². The van der Waals surface area contributed by atoms with Gasteiger partial charge in [-0.3, -0.25) is 14.6 Å². The van der Waals surface area contributed by atoms with Gasteiger partial charge in [-0.05, 0) is 68.3 Å². The highest BCUT2D eigenvalue weighted by Crippen LogP contribution is 2.32. The van der Waals surface area contributed by atoms with Crippen molar-refractivity contribution in [2.24, 2.45) is 16.0 Å². The summed E-state index contributed by atoms with van der Waals surface area (Å²) in [5.41, 5.74) is 4.98. The van der Waals surface area contributed by atoms with Crippen molar-refractivity contribution in [3.63, 3.8) is 0 Å². The predicted octanol–water partition coefficient (Wildman–Crippen LogP) is 3.23. The number of carbonyl (C=O) groups excluding carboxylic acids is 2. The van der Waals surface area contributed by atoms with Crippen LogP contribution in [0.5, 0.6) is 0 Å². The Morgan fingerprint density at radius 1 is 1.18 bits per heavy atom. The lowest BCUT2D eigenvalue weighted by Crippen LogP contribution is -2.33. The van der Waals surface area contributed by atoms with Gasteiger partial charge in [-0.15, -0.1) is 0 Å². The molecule has 1 atom stereocenters. The fourth-order valence-corrected chi connectivity index (χ4v) is 3.92. The summed E-state index contributed by atoms with van der Waals surface area (Å²) in [6.45, 7) is 6.81. The van der Waals surface area contributed by atoms with Crippen molar-refractivity contribution in [3.8, 4) is 6.07 Å². The van der Waals surface area contributed by atoms with E-state index in [9.17, 15) is 9.59 Å². The van der Waals surface area contributed by atoms with Gasteiger partial charge in [-0.1, -0.05) is 6.07 Å². The lowest BCUT2D eigenvalue weighted by molar-refractivity contribution is -0.123. The molecule has 2 aromatic rings. The van der Waals surface area contributed by atoms with Crippen LogP contribution in [0.2, 0.25) is 0 Å². The first-order valence-corrected chi connectivity index (χ1v) is 11.0. The number of hydrazone groups is 1. The summed E-state index contributed by atoms with van der Waals surface area (Å²) in [6.07, 6.45) is 1.46. The molecule has 2 aliphatic heterocycles. The number of anilines is 2. The van der Waals surface area contributed by atoms with Crippen molar-refractivity contribution in [2.75, 3.05) is 23.7 Å². The zero-order valence-corrected chi connectivity index (χ0v) is 19.2. The van der Waals surface area contributed by atoms with E-state index in [1.54, 1.807) is 29.3 Å². The molecule has 0 saturated heterocycles. The Kier molecular flexibility index (Phi) is 6.41. The number of aliphatic imine (C=N–C) groups is 1. The number of hydrogen-bond acceptors (Lipinski definition) is 7. The van der Waals surface area contributed by atoms with E-state index in [1.807, 2.05) is 45.0 Å². The van der Waals surface area contributed by atoms with Crippen LogP contribution in [0.1, 0.15) is 35.3 Å². The van der Waals surface area contributed by atoms with Gasteiger partial charge in [0.15, 0.2) is 5.84 Å². The molecule has 0 saturated carbocycles. The Hall–Kier alpha value is -4.45. The number of carbonyl (C=O) groups is 2. The van der Waals surface area contributed by atoms with Crippen LogP contribution in [0.3, 0.4) is 0 Å². The molecule has 1 unspecified atom stereocenters. The minimum Gasteiger partial charge on any atom is -0.356 e. The number of nitriles is 1. The van der Waals surface area contributed by atoms with Gasteiger partial charge in [0.05, 0.1) is 24.1 Å². The number of benzene rings is 2. The van der Waals surface area contributed by atoms with Gasteiger partial charge in [-0.25, -0.2) is 4.99 Å². The summed E-state index contributed by atoms with van der Waals surface area (Å²) in [6, 6.07) is 14.1. The van der Waals surface area contributed by atoms with Gasteiger partial charge >= 0.3 is 0 Å². The van der Waals surface area contributed by atoms with Crippen LogP contribution in [-0.2, 0) is 4.79 Å². The molecule has 4 rings (SSSR count). The first-order chi connectivity index (χ1) is 16.4. The number of aryl methyl sites for hydroxylation is 1. The van der Waals surface area contributed by atoms with E-state index in [0.29, 0.717) is 35.7 Å². The average molecular weight is 456 g/mol. The minimum atomic E-state index is -0.295. The molecule has 2 heterocycles. The summed E-state index contributed by atoms with van der Waals surface area (Å²) in [5, 5.41) is 24.2. The molecule has 9 nitrogen and oxygen atoms in total. The van der Waals surface area contributed by atoms with E-state index in [-0.39, 0.29) is 17.7 Å². The van der Waals surface area contributed by atoms with Crippen LogP contribution in [0.15, 0.2) is 63.8 Å². The van der Waals surface area contributed by atoms with Crippen LogP contribution >= 0.6 is 0 Å². The maximum absolute atomic E-state index is 12.6. The second-order valence-electron chi connectivity index (χ2n) is 8.07. The standard InChI is InChI=1S/C25H25N7O2/c1-4-27-25(34)20-13-32-22(16(20)3)23(28-14-29-32)31-21-11-19(10-5-15(21)2)30-24(33)18-8-6-17(12-26)7-9-18/h5-11,14,20H,4,13H2,1-3H3,(H,27,34)(H,30,33)(H,28,29,31). The second kappa shape index (κ2) is 9.58. The molecule has 0 aliphatic carbocycles. The van der Waals surface area contributed by atoms with Gasteiger partial charge in [0.25, 0.3) is 5.91 Å². The van der Waals surface area contributed by atoms with E-state index in [0.717, 1.165) is 22.5 Å². The minimum absolute atomic E-state index is 0.0276. The zero-order valence-electron chi connectivity index (χ0n) is 19.2. The molecular formula is C25H25N7O2. The molecule has 0 aromatic heterocycles. The largest absolute Gasteiger partial charge is 0.356 e. The third-order valence-electron chi connectivity index (χ3n) is 5.80. The lowest BCUT2D eigenvalue weighted by atomic mass is 10.0. The maximum atomic E-state index is 12.6. The molecule has 2 aromatic carbocycles. The normalized spacial score (nSPS) is 16.5. The van der Waals surface area contributed by atoms with Crippen LogP contribution in [0.25, 0.3) is 0 Å². The van der Waals surface area contributed by atoms with Crippen LogP contribution < -0.4 is 16.0 Å². The zero-order chi connectivity index (χ0) is 24.2. The van der Waals surface area contributed by atoms with Crippen molar-refractivity contribution in [1.82, 2.24) is 10.3 Å². The fraction of sp³-hybridized carbons (Fsp3) is 0.240. The quantitative estimate of drug-likeness (QED) is 0.639. The summed E-state index contributed by atoms with van der Waals surface area (Å²) in [4.78, 5) is 29.5. The van der Waals surface area contributed by atoms with Crippen molar-refractivity contribution < 1.29 is 9.59 Å². The van der Waals surface area contributed by atoms with Gasteiger partial charge < -0.3 is 16.0 Å². The van der Waals surface area contributed by atoms with Crippen LogP contribution in [0.4, 0.5) is 11.4 Å². The van der Waals surface area contributed by atoms with Crippen LogP contribution in [-0.4, -0.2) is 42.1 Å². The molecular weight excluding hydrogens is 430 g/mol. The lowest BCUT2D eigenvalue weighted by Gasteiger charge is -2.22. The smallest absolute Gasteiger partial charge is 0.255 e. The third-order valence-corrected chi connectivity index (χ3v) is 5.80. The van der Waals surface area contributed by atoms with Crippen molar-refractivity contribution in [2.45, 2.75) is 20.8 Å². The van der Waals surface area contributed by atoms with Gasteiger partial charge in [0, 0.05) is 23.5 Å². The number of rotatable bonds is 5. The van der Waals surface area contributed by atoms with E-state index >= 15 is 0 Å². The Balaban J connectivity index is 1.55. The highest BCUT2D eigenvalue weighted by molar-refractivity contribution is 6.13. The number of nitrogens with zero attached hydrogens (tertiary/aromatic N) is 4. The van der Waals surface area contributed by atoms with Gasteiger partial charge in [-0.2, -0.15) is 10.4 Å². The summed E-state index contributed by atoms with van der Waals surface area (Å²) in [5.74, 6) is 0.00110. The van der Waals surface area contributed by atoms with Crippen molar-refractivity contribution in [3.05, 3.63) is 70.4 Å². The van der Waals surface area contributed by atoms with Crippen LogP contribution in [0, 0.1) is 24.2 Å². The molecule has 2 aliphatic rings. The number of hydrogen-bond donors (Lipinski definition) is 3. The van der Waals surface area contributed by atoms with Crippen molar-refractivity contribution >= 4 is 35.4 Å². The number of amides is 2. The number of amidine groups is 1. The van der Waals surface area contributed by atoms with Gasteiger partial charge in [0.2, 0.25) is 5.91 Å². The number of fused-ring (bicyclic) bond motifs is 1. The Bertz CT molecular complexity index is 1270. The summed E-state index contributed by atoms with van der Waals surface area (Å²) >= 11 is 0. The molecule has 9 heteroatoms. The number of nitrogens with one attached hydrogen (secondary N) is 3. The SMILES string of the molecule is CCNC(=O)C1CN2N=CN=C(Nc3cc(NC(=O)c4ccc(C#N)cc4)ccc3C)C2=C1C. The Morgan fingerprint density at radius 2 is 1.94 bits per heavy atom. The molecule has 3 N–H and O–H groups in total. The Morgan fingerprint density at radius 3 is 2.65 bits per heavy atom. The molecule has 34 heavy (non-hydrogen) atoms. The monoisotopic (exact) mass is 455 g/mol. The first kappa shape index (κ1) is 22.7. The fourth-order valence-electron chi connectivity index (χ4n) is 3.92. The Labute approximate surface area is 197 Å². The van der Waals surface area contributed by atoms with E-state index in [1.165, 1.54) is 6.34 Å². The predicted molar refractivity (Wildman–Crippen MR) is 131 cm³/mol. The van der Waals surface area contributed by atoms with Gasteiger partial charge in [0.1, 0.15) is 12.0 Å². The third kappa shape index (κ3) is 4.52. The molecule has 2 amide bonds. The molecule has 0 bridgehead atoms. The first-order valence-electron chi connectivity index (χ1n) is 11.0. The van der Waals surface area contributed by atoms with E-state index in [2.05, 4.69) is 26.0 Å². The van der Waals surface area contributed by atoms with E-state index in [4.69, 9.17) is 5.26 Å². The van der Waals surface area contributed by atoms with Crippen molar-refractivity contribution in [1.29, 1.82) is 5.26 Å². The maximum Gasteiger partial charge on any atom is 0.255 e. The molecule has 172 valence electrons. The highest BCUT2D eigenvalue weighted by Gasteiger charge is 2.37. The topological polar surface area (TPSA) is 122 Å². The molecule has 0 spiro atoms. The summed E-state index contributed by atoms with van der Waals surface area (Å²) < 4.78 is 0. The highest BCUT2D eigenvalue weighted by atomic mass is 16.2. The molecule has 0 fully saturated rings. The molecule has 0 radical (unpaired) electrons. The summed E-state index contributed by atoms with van der Waals surface area (Å²) in [7, 11) is 0. The average Bonchev–Trinajstić information content (AvgIpc) is 3.19. The second-order valence-corrected chi connectivity index (χ2v) is 8.07.